The van der Waals surface area contributed by atoms with Crippen LogP contribution >= 0.6 is 0 Å². The number of anilines is 1. The average Bonchev–Trinajstić information content (AvgIpc) is 2.64. The number of ether oxygens (including phenoxy) is 1. The summed E-state index contributed by atoms with van der Waals surface area (Å²) in [4.78, 5) is 38.5. The Labute approximate surface area is 159 Å². The Bertz CT molecular complexity index is 770. The van der Waals surface area contributed by atoms with Gasteiger partial charge in [0.15, 0.2) is 0 Å². The van der Waals surface area contributed by atoms with Crippen molar-refractivity contribution in [3.8, 4) is 0 Å². The molecule has 7 nitrogen and oxygen atoms in total. The first kappa shape index (κ1) is 20.5. The number of rotatable bonds is 6. The van der Waals surface area contributed by atoms with Gasteiger partial charge in [0.2, 0.25) is 5.91 Å². The molecule has 1 atom stereocenters. The number of hydrogen-bond acceptors (Lipinski definition) is 4. The van der Waals surface area contributed by atoms with Crippen LogP contribution in [-0.4, -0.2) is 36.5 Å². The van der Waals surface area contributed by atoms with Crippen molar-refractivity contribution in [2.24, 2.45) is 5.92 Å². The number of hydrogen-bond donors (Lipinski definition) is 2. The second kappa shape index (κ2) is 8.70. The molecule has 1 heterocycles. The van der Waals surface area contributed by atoms with E-state index in [2.05, 4.69) is 10.6 Å². The number of benzene rings is 1. The van der Waals surface area contributed by atoms with E-state index in [0.717, 1.165) is 6.42 Å². The van der Waals surface area contributed by atoms with E-state index in [0.29, 0.717) is 29.1 Å². The monoisotopic (exact) mass is 373 g/mol. The number of nitrogens with zero attached hydrogens (tertiary/aromatic N) is 1. The molecular formula is C20H27N3O4. The lowest BCUT2D eigenvalue weighted by atomic mass is 9.94. The van der Waals surface area contributed by atoms with E-state index in [-0.39, 0.29) is 17.9 Å². The summed E-state index contributed by atoms with van der Waals surface area (Å²) in [6.07, 6.45) is 0.764. The first-order chi connectivity index (χ1) is 12.8. The van der Waals surface area contributed by atoms with Crippen LogP contribution in [0.25, 0.3) is 0 Å². The molecule has 0 unspecified atom stereocenters. The zero-order chi connectivity index (χ0) is 20.1. The smallest absolute Gasteiger partial charge is 0.337 e. The van der Waals surface area contributed by atoms with Crippen molar-refractivity contribution < 1.29 is 19.1 Å². The molecule has 1 aliphatic rings. The summed E-state index contributed by atoms with van der Waals surface area (Å²) in [5, 5.41) is 5.72. The van der Waals surface area contributed by atoms with Gasteiger partial charge >= 0.3 is 12.0 Å². The maximum absolute atomic E-state index is 12.5. The van der Waals surface area contributed by atoms with E-state index >= 15 is 0 Å². The molecule has 2 N–H and O–H groups in total. The summed E-state index contributed by atoms with van der Waals surface area (Å²) >= 11 is 0. The van der Waals surface area contributed by atoms with Crippen LogP contribution in [0.15, 0.2) is 35.5 Å². The van der Waals surface area contributed by atoms with Gasteiger partial charge in [-0.3, -0.25) is 9.69 Å². The third kappa shape index (κ3) is 4.48. The molecule has 1 aromatic rings. The van der Waals surface area contributed by atoms with Crippen LogP contribution in [0.3, 0.4) is 0 Å². The molecule has 0 saturated carbocycles. The minimum Gasteiger partial charge on any atom is -0.466 e. The highest BCUT2D eigenvalue weighted by Gasteiger charge is 2.35. The molecule has 3 amide bonds. The van der Waals surface area contributed by atoms with Gasteiger partial charge in [-0.05, 0) is 31.0 Å². The number of urea groups is 1. The predicted molar refractivity (Wildman–Crippen MR) is 103 cm³/mol. The van der Waals surface area contributed by atoms with E-state index in [1.54, 1.807) is 30.0 Å². The minimum atomic E-state index is -0.644. The summed E-state index contributed by atoms with van der Waals surface area (Å²) < 4.78 is 4.96. The van der Waals surface area contributed by atoms with Crippen molar-refractivity contribution >= 4 is 23.6 Å². The van der Waals surface area contributed by atoms with Gasteiger partial charge in [0, 0.05) is 23.8 Å². The molecule has 0 spiro atoms. The molecule has 0 saturated heterocycles. The molecule has 0 aromatic heterocycles. The highest BCUT2D eigenvalue weighted by atomic mass is 16.5. The number of amides is 3. The molecule has 0 aliphatic carbocycles. The largest absolute Gasteiger partial charge is 0.466 e. The van der Waals surface area contributed by atoms with Crippen LogP contribution in [0.4, 0.5) is 10.5 Å². The Morgan fingerprint density at radius 3 is 2.63 bits per heavy atom. The molecule has 7 heteroatoms. The van der Waals surface area contributed by atoms with Crippen molar-refractivity contribution in [1.82, 2.24) is 10.2 Å². The van der Waals surface area contributed by atoms with Crippen LogP contribution in [0.1, 0.15) is 45.7 Å². The van der Waals surface area contributed by atoms with Gasteiger partial charge in [0.1, 0.15) is 0 Å². The van der Waals surface area contributed by atoms with Gasteiger partial charge in [-0.15, -0.1) is 0 Å². The molecule has 0 radical (unpaired) electrons. The summed E-state index contributed by atoms with van der Waals surface area (Å²) in [5.74, 6) is -0.748. The maximum atomic E-state index is 12.5. The van der Waals surface area contributed by atoms with Crippen molar-refractivity contribution in [2.45, 2.75) is 40.2 Å². The second-order valence-corrected chi connectivity index (χ2v) is 6.79. The van der Waals surface area contributed by atoms with Gasteiger partial charge in [-0.2, -0.15) is 0 Å². The Kier molecular flexibility index (Phi) is 6.60. The van der Waals surface area contributed by atoms with Crippen LogP contribution in [0.5, 0.6) is 0 Å². The van der Waals surface area contributed by atoms with E-state index in [1.807, 2.05) is 26.8 Å². The quantitative estimate of drug-likeness (QED) is 0.750. The van der Waals surface area contributed by atoms with Gasteiger partial charge < -0.3 is 15.4 Å². The lowest BCUT2D eigenvalue weighted by Gasteiger charge is -2.35. The Morgan fingerprint density at radius 2 is 2.04 bits per heavy atom. The molecule has 0 fully saturated rings. The minimum absolute atomic E-state index is 0.103. The van der Waals surface area contributed by atoms with Crippen LogP contribution in [-0.2, 0) is 14.3 Å². The van der Waals surface area contributed by atoms with E-state index in [1.165, 1.54) is 7.11 Å². The Hall–Kier alpha value is -2.83. The van der Waals surface area contributed by atoms with E-state index < -0.39 is 12.0 Å². The van der Waals surface area contributed by atoms with E-state index in [4.69, 9.17) is 4.74 Å². The number of esters is 1. The third-order valence-electron chi connectivity index (χ3n) is 4.46. The molecule has 2 rings (SSSR count). The fourth-order valence-electron chi connectivity index (χ4n) is 2.98. The summed E-state index contributed by atoms with van der Waals surface area (Å²) in [6, 6.07) is 6.21. The molecular weight excluding hydrogens is 346 g/mol. The van der Waals surface area contributed by atoms with Gasteiger partial charge in [-0.1, -0.05) is 32.9 Å². The number of methoxy groups -OCH3 is 1. The summed E-state index contributed by atoms with van der Waals surface area (Å²) in [5.41, 5.74) is 2.27. The predicted octanol–water partition coefficient (Wildman–Crippen LogP) is 3.20. The molecule has 146 valence electrons. The molecule has 0 bridgehead atoms. The van der Waals surface area contributed by atoms with Crippen molar-refractivity contribution in [2.75, 3.05) is 19.0 Å². The van der Waals surface area contributed by atoms with Crippen LogP contribution in [0, 0.1) is 5.92 Å². The maximum Gasteiger partial charge on any atom is 0.337 e. The Morgan fingerprint density at radius 1 is 1.33 bits per heavy atom. The normalized spacial score (nSPS) is 17.0. The van der Waals surface area contributed by atoms with Gasteiger partial charge in [-0.25, -0.2) is 9.59 Å². The number of nitrogens with one attached hydrogen (secondary N) is 2. The van der Waals surface area contributed by atoms with Gasteiger partial charge in [0.25, 0.3) is 0 Å². The second-order valence-electron chi connectivity index (χ2n) is 6.79. The van der Waals surface area contributed by atoms with Crippen LogP contribution < -0.4 is 10.6 Å². The third-order valence-corrected chi connectivity index (χ3v) is 4.46. The average molecular weight is 373 g/mol. The fraction of sp³-hybridized carbons (Fsp3) is 0.450. The topological polar surface area (TPSA) is 87.7 Å². The first-order valence-electron chi connectivity index (χ1n) is 9.08. The number of carbonyl (C=O) groups excluding carboxylic acids is 3. The van der Waals surface area contributed by atoms with Crippen LogP contribution in [0.2, 0.25) is 0 Å². The zero-order valence-electron chi connectivity index (χ0n) is 16.5. The molecule has 1 aromatic carbocycles. The van der Waals surface area contributed by atoms with Crippen molar-refractivity contribution in [3.05, 3.63) is 41.1 Å². The summed E-state index contributed by atoms with van der Waals surface area (Å²) in [7, 11) is 1.32. The number of allylic oxidation sites excluding steroid dienone is 1. The lowest BCUT2D eigenvalue weighted by Crippen LogP contribution is -2.48. The van der Waals surface area contributed by atoms with Crippen molar-refractivity contribution in [3.63, 3.8) is 0 Å². The highest BCUT2D eigenvalue weighted by molar-refractivity contribution is 5.95. The standard InChI is InChI=1S/C20H27N3O4/c1-6-10-23-13(4)16(19(25)27-5)17(22-20(23)26)14-8-7-9-15(11-14)21-18(24)12(2)3/h7-9,11-12,17H,6,10H2,1-5H3,(H,21,24)(H,22,26)/t17-/m1/s1. The fourth-order valence-corrected chi connectivity index (χ4v) is 2.98. The molecule has 1 aliphatic heterocycles. The summed E-state index contributed by atoms with van der Waals surface area (Å²) in [6.45, 7) is 7.84. The zero-order valence-corrected chi connectivity index (χ0v) is 16.5. The lowest BCUT2D eigenvalue weighted by molar-refractivity contribution is -0.136. The SMILES string of the molecule is CCCN1C(=O)N[C@H](c2cccc(NC(=O)C(C)C)c2)C(C(=O)OC)=C1C. The first-order valence-corrected chi connectivity index (χ1v) is 9.08. The van der Waals surface area contributed by atoms with E-state index in [9.17, 15) is 14.4 Å². The van der Waals surface area contributed by atoms with Gasteiger partial charge in [0.05, 0.1) is 18.7 Å². The molecule has 27 heavy (non-hydrogen) atoms. The number of carbonyl (C=O) groups is 3. The van der Waals surface area contributed by atoms with Crippen molar-refractivity contribution in [1.29, 1.82) is 0 Å². The highest BCUT2D eigenvalue weighted by Crippen LogP contribution is 2.32. The Balaban J connectivity index is 2.45.